The zero-order valence-corrected chi connectivity index (χ0v) is 16.1. The molecule has 27 heavy (non-hydrogen) atoms. The van der Waals surface area contributed by atoms with Gasteiger partial charge in [0.2, 0.25) is 10.0 Å². The summed E-state index contributed by atoms with van der Waals surface area (Å²) in [5, 5.41) is 11.2. The Morgan fingerprint density at radius 3 is 2.26 bits per heavy atom. The maximum atomic E-state index is 12.2. The fourth-order valence-corrected chi connectivity index (χ4v) is 3.62. The first-order valence-electron chi connectivity index (χ1n) is 8.64. The van der Waals surface area contributed by atoms with Crippen LogP contribution < -0.4 is 10.0 Å². The Labute approximate surface area is 159 Å². The molecule has 0 spiro atoms. The van der Waals surface area contributed by atoms with E-state index >= 15 is 0 Å². The van der Waals surface area contributed by atoms with E-state index in [1.807, 2.05) is 62.4 Å². The van der Waals surface area contributed by atoms with Gasteiger partial charge in [-0.15, -0.1) is 10.2 Å². The minimum atomic E-state index is -3.49. The van der Waals surface area contributed by atoms with Crippen molar-refractivity contribution in [1.82, 2.24) is 10.2 Å². The van der Waals surface area contributed by atoms with E-state index in [0.717, 1.165) is 16.8 Å². The second kappa shape index (κ2) is 8.18. The molecule has 0 saturated carbocycles. The van der Waals surface area contributed by atoms with Gasteiger partial charge in [-0.05, 0) is 55.2 Å². The predicted octanol–water partition coefficient (Wildman–Crippen LogP) is 3.82. The summed E-state index contributed by atoms with van der Waals surface area (Å²) in [7, 11) is -3.49. The molecule has 0 saturated heterocycles. The number of nitrogens with one attached hydrogen (secondary N) is 2. The zero-order chi connectivity index (χ0) is 19.3. The van der Waals surface area contributed by atoms with Crippen molar-refractivity contribution in [3.05, 3.63) is 77.4 Å². The number of sulfonamides is 1. The lowest BCUT2D eigenvalue weighted by atomic mass is 10.1. The summed E-state index contributed by atoms with van der Waals surface area (Å²) in [6.07, 6.45) is 0.440. The van der Waals surface area contributed by atoms with Gasteiger partial charge in [-0.1, -0.05) is 42.5 Å². The Morgan fingerprint density at radius 2 is 1.56 bits per heavy atom. The first-order valence-corrected chi connectivity index (χ1v) is 10.3. The molecule has 0 aliphatic heterocycles. The highest BCUT2D eigenvalue weighted by molar-refractivity contribution is 7.92. The Morgan fingerprint density at radius 1 is 0.852 bits per heavy atom. The van der Waals surface area contributed by atoms with Gasteiger partial charge in [0.15, 0.2) is 11.6 Å². The van der Waals surface area contributed by atoms with Crippen molar-refractivity contribution in [3.8, 4) is 0 Å². The van der Waals surface area contributed by atoms with E-state index in [1.165, 1.54) is 5.56 Å². The number of aryl methyl sites for hydroxylation is 2. The van der Waals surface area contributed by atoms with E-state index in [2.05, 4.69) is 20.2 Å². The molecule has 3 rings (SSSR count). The molecule has 0 bridgehead atoms. The second-order valence-electron chi connectivity index (χ2n) is 6.33. The molecule has 0 amide bonds. The summed E-state index contributed by atoms with van der Waals surface area (Å²) < 4.78 is 26.9. The number of aromatic nitrogens is 2. The van der Waals surface area contributed by atoms with Crippen molar-refractivity contribution in [3.63, 3.8) is 0 Å². The lowest BCUT2D eigenvalue weighted by molar-refractivity contribution is 0.600. The summed E-state index contributed by atoms with van der Waals surface area (Å²) in [6.45, 7) is 4.07. The zero-order valence-electron chi connectivity index (χ0n) is 15.3. The average Bonchev–Trinajstić information content (AvgIpc) is 2.66. The van der Waals surface area contributed by atoms with Crippen LogP contribution in [-0.4, -0.2) is 24.4 Å². The summed E-state index contributed by atoms with van der Waals surface area (Å²) in [6, 6.07) is 18.8. The lowest BCUT2D eigenvalue weighted by Gasteiger charge is -2.11. The predicted molar refractivity (Wildman–Crippen MR) is 109 cm³/mol. The smallest absolute Gasteiger partial charge is 0.234 e. The van der Waals surface area contributed by atoms with Gasteiger partial charge in [0.25, 0.3) is 0 Å². The van der Waals surface area contributed by atoms with Crippen LogP contribution in [0.3, 0.4) is 0 Å². The summed E-state index contributed by atoms with van der Waals surface area (Å²) in [4.78, 5) is 0. The minimum Gasteiger partial charge on any atom is -0.339 e. The van der Waals surface area contributed by atoms with Crippen LogP contribution in [0.25, 0.3) is 0 Å². The SMILES string of the molecule is Cc1cccc(Nc2ccc(NS(=O)(=O)CCc3ccccc3)nn2)c1C. The molecule has 3 aromatic rings. The van der Waals surface area contributed by atoms with E-state index in [-0.39, 0.29) is 11.6 Å². The van der Waals surface area contributed by atoms with Crippen molar-refractivity contribution in [1.29, 1.82) is 0 Å². The number of rotatable bonds is 7. The topological polar surface area (TPSA) is 84.0 Å². The number of hydrogen-bond acceptors (Lipinski definition) is 5. The molecule has 0 radical (unpaired) electrons. The highest BCUT2D eigenvalue weighted by atomic mass is 32.2. The van der Waals surface area contributed by atoms with Gasteiger partial charge in [0, 0.05) is 5.69 Å². The molecule has 140 valence electrons. The summed E-state index contributed by atoms with van der Waals surface area (Å²) in [5.74, 6) is 0.742. The van der Waals surface area contributed by atoms with Crippen molar-refractivity contribution in [2.75, 3.05) is 15.8 Å². The third-order valence-corrected chi connectivity index (χ3v) is 5.56. The lowest BCUT2D eigenvalue weighted by Crippen LogP contribution is -2.19. The van der Waals surface area contributed by atoms with Gasteiger partial charge in [-0.3, -0.25) is 4.72 Å². The van der Waals surface area contributed by atoms with Gasteiger partial charge in [0.1, 0.15) is 0 Å². The van der Waals surface area contributed by atoms with Crippen molar-refractivity contribution < 1.29 is 8.42 Å². The van der Waals surface area contributed by atoms with E-state index in [4.69, 9.17) is 0 Å². The van der Waals surface area contributed by atoms with E-state index in [1.54, 1.807) is 12.1 Å². The molecule has 0 unspecified atom stereocenters. The number of benzene rings is 2. The second-order valence-corrected chi connectivity index (χ2v) is 8.17. The highest BCUT2D eigenvalue weighted by Gasteiger charge is 2.12. The fourth-order valence-electron chi connectivity index (χ4n) is 2.59. The Bertz CT molecular complexity index is 1000. The van der Waals surface area contributed by atoms with E-state index in [0.29, 0.717) is 12.2 Å². The molecule has 2 aromatic carbocycles. The number of nitrogens with zero attached hydrogens (tertiary/aromatic N) is 2. The number of anilines is 3. The Hall–Kier alpha value is -2.93. The molecule has 1 heterocycles. The van der Waals surface area contributed by atoms with Gasteiger partial charge in [-0.2, -0.15) is 0 Å². The first kappa shape index (κ1) is 18.8. The van der Waals surface area contributed by atoms with Crippen LogP contribution in [0.1, 0.15) is 16.7 Å². The van der Waals surface area contributed by atoms with Crippen LogP contribution in [0.4, 0.5) is 17.3 Å². The van der Waals surface area contributed by atoms with E-state index < -0.39 is 10.0 Å². The molecule has 0 fully saturated rings. The van der Waals surface area contributed by atoms with Crippen LogP contribution in [0.15, 0.2) is 60.7 Å². The Balaban J connectivity index is 1.62. The van der Waals surface area contributed by atoms with Gasteiger partial charge in [0.05, 0.1) is 5.75 Å². The molecular formula is C20H22N4O2S. The molecular weight excluding hydrogens is 360 g/mol. The summed E-state index contributed by atoms with van der Waals surface area (Å²) >= 11 is 0. The third-order valence-electron chi connectivity index (χ3n) is 4.29. The van der Waals surface area contributed by atoms with Crippen LogP contribution in [0.2, 0.25) is 0 Å². The highest BCUT2D eigenvalue weighted by Crippen LogP contribution is 2.21. The largest absolute Gasteiger partial charge is 0.339 e. The molecule has 7 heteroatoms. The minimum absolute atomic E-state index is 0.0127. The monoisotopic (exact) mass is 382 g/mol. The average molecular weight is 382 g/mol. The van der Waals surface area contributed by atoms with Crippen molar-refractivity contribution in [2.45, 2.75) is 20.3 Å². The maximum Gasteiger partial charge on any atom is 0.234 e. The van der Waals surface area contributed by atoms with Gasteiger partial charge < -0.3 is 5.32 Å². The molecule has 0 aliphatic rings. The maximum absolute atomic E-state index is 12.2. The summed E-state index contributed by atoms with van der Waals surface area (Å²) in [5.41, 5.74) is 4.23. The fraction of sp³-hybridized carbons (Fsp3) is 0.200. The molecule has 0 aliphatic carbocycles. The van der Waals surface area contributed by atoms with Crippen molar-refractivity contribution >= 4 is 27.3 Å². The van der Waals surface area contributed by atoms with E-state index in [9.17, 15) is 8.42 Å². The van der Waals surface area contributed by atoms with Gasteiger partial charge >= 0.3 is 0 Å². The molecule has 1 aromatic heterocycles. The Kier molecular flexibility index (Phi) is 5.71. The molecule has 6 nitrogen and oxygen atoms in total. The van der Waals surface area contributed by atoms with Crippen LogP contribution >= 0.6 is 0 Å². The van der Waals surface area contributed by atoms with Gasteiger partial charge in [-0.25, -0.2) is 8.42 Å². The first-order chi connectivity index (χ1) is 12.9. The third kappa shape index (κ3) is 5.27. The van der Waals surface area contributed by atoms with Crippen LogP contribution in [0.5, 0.6) is 0 Å². The number of hydrogen-bond donors (Lipinski definition) is 2. The quantitative estimate of drug-likeness (QED) is 0.649. The molecule has 0 atom stereocenters. The molecule has 2 N–H and O–H groups in total. The van der Waals surface area contributed by atoms with Crippen LogP contribution in [0, 0.1) is 13.8 Å². The van der Waals surface area contributed by atoms with Crippen molar-refractivity contribution in [2.24, 2.45) is 0 Å². The van der Waals surface area contributed by atoms with Crippen LogP contribution in [-0.2, 0) is 16.4 Å². The standard InChI is InChI=1S/C20H22N4O2S/c1-15-7-6-10-18(16(15)2)21-19-11-12-20(23-22-19)24-27(25,26)14-13-17-8-4-3-5-9-17/h3-12H,13-14H2,1-2H3,(H,21,22)(H,23,24). The normalized spacial score (nSPS) is 11.2.